The quantitative estimate of drug-likeness (QED) is 0.347. The molecule has 0 saturated heterocycles. The molecular formula is C24H17NO2. The molecule has 3 nitrogen and oxygen atoms in total. The van der Waals surface area contributed by atoms with E-state index in [9.17, 15) is 0 Å². The summed E-state index contributed by atoms with van der Waals surface area (Å²) in [6.45, 7) is 0. The molecule has 0 unspecified atom stereocenters. The van der Waals surface area contributed by atoms with Crippen LogP contribution in [0.4, 0.5) is 17.1 Å². The van der Waals surface area contributed by atoms with Crippen LogP contribution in [-0.4, -0.2) is 0 Å². The maximum Gasteiger partial charge on any atom is 0.172 e. The second-order valence-corrected chi connectivity index (χ2v) is 6.29. The lowest BCUT2D eigenvalue weighted by Gasteiger charge is -2.27. The van der Waals surface area contributed by atoms with Gasteiger partial charge in [-0.05, 0) is 48.5 Å². The van der Waals surface area contributed by atoms with Crippen LogP contribution in [0.3, 0.4) is 0 Å². The zero-order chi connectivity index (χ0) is 18.1. The van der Waals surface area contributed by atoms with E-state index in [0.29, 0.717) is 5.75 Å². The Bertz CT molecular complexity index is 1040. The van der Waals surface area contributed by atoms with Gasteiger partial charge in [-0.1, -0.05) is 48.5 Å². The van der Waals surface area contributed by atoms with Crippen LogP contribution in [0.2, 0.25) is 0 Å². The van der Waals surface area contributed by atoms with Crippen molar-refractivity contribution >= 4 is 17.1 Å². The third kappa shape index (κ3) is 2.89. The second-order valence-electron chi connectivity index (χ2n) is 6.29. The number of benzene rings is 4. The van der Waals surface area contributed by atoms with Crippen LogP contribution in [-0.2, 0) is 0 Å². The molecule has 1 aliphatic rings. The molecule has 3 heteroatoms. The summed E-state index contributed by atoms with van der Waals surface area (Å²) in [6, 6.07) is 34.3. The standard InChI is InChI=1S/C24H17NO2/c1-3-9-18(10-4-1)25(19-11-5-2-6-12-19)20-15-16-23-24(17-20)27-22-14-8-7-13-21(22)26-23/h1-17H. The summed E-state index contributed by atoms with van der Waals surface area (Å²) >= 11 is 0. The monoisotopic (exact) mass is 351 g/mol. The van der Waals surface area contributed by atoms with Gasteiger partial charge in [0.2, 0.25) is 0 Å². The number of rotatable bonds is 3. The van der Waals surface area contributed by atoms with Crippen LogP contribution >= 0.6 is 0 Å². The van der Waals surface area contributed by atoms with Gasteiger partial charge in [-0.25, -0.2) is 0 Å². The van der Waals surface area contributed by atoms with Gasteiger partial charge in [-0.2, -0.15) is 0 Å². The van der Waals surface area contributed by atoms with Gasteiger partial charge in [0.15, 0.2) is 23.0 Å². The average Bonchev–Trinajstić information content (AvgIpc) is 2.74. The van der Waals surface area contributed by atoms with Crippen LogP contribution in [0, 0.1) is 0 Å². The predicted molar refractivity (Wildman–Crippen MR) is 108 cm³/mol. The number of hydrogen-bond acceptors (Lipinski definition) is 3. The highest BCUT2D eigenvalue weighted by Crippen LogP contribution is 2.47. The molecule has 1 heterocycles. The molecule has 130 valence electrons. The van der Waals surface area contributed by atoms with Crippen molar-refractivity contribution in [3.05, 3.63) is 103 Å². The third-order valence-corrected chi connectivity index (χ3v) is 4.50. The molecule has 0 aliphatic carbocycles. The van der Waals surface area contributed by atoms with E-state index in [-0.39, 0.29) is 0 Å². The van der Waals surface area contributed by atoms with E-state index in [1.54, 1.807) is 0 Å². The minimum atomic E-state index is 0.711. The van der Waals surface area contributed by atoms with Crippen molar-refractivity contribution in [1.29, 1.82) is 0 Å². The summed E-state index contributed by atoms with van der Waals surface area (Å²) in [5.74, 6) is 2.90. The third-order valence-electron chi connectivity index (χ3n) is 4.50. The first-order valence-corrected chi connectivity index (χ1v) is 8.87. The summed E-state index contributed by atoms with van der Waals surface area (Å²) in [5, 5.41) is 0. The zero-order valence-electron chi connectivity index (χ0n) is 14.6. The van der Waals surface area contributed by atoms with Gasteiger partial charge in [-0.3, -0.25) is 0 Å². The predicted octanol–water partition coefficient (Wildman–Crippen LogP) is 7.05. The number of nitrogens with zero attached hydrogens (tertiary/aromatic N) is 1. The van der Waals surface area contributed by atoms with Gasteiger partial charge in [0.1, 0.15) is 0 Å². The zero-order valence-corrected chi connectivity index (χ0v) is 14.6. The van der Waals surface area contributed by atoms with E-state index in [1.165, 1.54) is 0 Å². The molecule has 0 aromatic heterocycles. The average molecular weight is 351 g/mol. The van der Waals surface area contributed by atoms with Crippen molar-refractivity contribution in [2.45, 2.75) is 0 Å². The normalized spacial score (nSPS) is 11.6. The van der Waals surface area contributed by atoms with Gasteiger partial charge >= 0.3 is 0 Å². The van der Waals surface area contributed by atoms with Gasteiger partial charge in [-0.15, -0.1) is 0 Å². The fraction of sp³-hybridized carbons (Fsp3) is 0. The van der Waals surface area contributed by atoms with Gasteiger partial charge in [0.05, 0.1) is 5.69 Å². The molecule has 4 aromatic rings. The molecule has 0 spiro atoms. The highest BCUT2D eigenvalue weighted by molar-refractivity contribution is 5.78. The highest BCUT2D eigenvalue weighted by Gasteiger charge is 2.20. The van der Waals surface area contributed by atoms with Crippen molar-refractivity contribution in [2.75, 3.05) is 4.90 Å². The van der Waals surface area contributed by atoms with Crippen molar-refractivity contribution < 1.29 is 9.47 Å². The van der Waals surface area contributed by atoms with Crippen molar-refractivity contribution in [1.82, 2.24) is 0 Å². The number of ether oxygens (including phenoxy) is 2. The minimum Gasteiger partial charge on any atom is -0.450 e. The molecule has 0 fully saturated rings. The van der Waals surface area contributed by atoms with Gasteiger partial charge in [0.25, 0.3) is 0 Å². The van der Waals surface area contributed by atoms with Crippen molar-refractivity contribution in [3.8, 4) is 23.0 Å². The number of hydrogen-bond donors (Lipinski definition) is 0. The van der Waals surface area contributed by atoms with E-state index < -0.39 is 0 Å². The Balaban J connectivity index is 1.60. The molecule has 0 radical (unpaired) electrons. The molecule has 0 atom stereocenters. The second kappa shape index (κ2) is 6.54. The van der Waals surface area contributed by atoms with Crippen LogP contribution < -0.4 is 14.4 Å². The van der Waals surface area contributed by atoms with Crippen molar-refractivity contribution in [2.24, 2.45) is 0 Å². The summed E-state index contributed by atoms with van der Waals surface area (Å²) in [4.78, 5) is 2.20. The molecular weight excluding hydrogens is 334 g/mol. The fourth-order valence-corrected chi connectivity index (χ4v) is 3.26. The largest absolute Gasteiger partial charge is 0.450 e. The number of fused-ring (bicyclic) bond motifs is 2. The molecule has 4 aromatic carbocycles. The molecule has 27 heavy (non-hydrogen) atoms. The first-order chi connectivity index (χ1) is 13.4. The Morgan fingerprint density at radius 3 is 1.48 bits per heavy atom. The van der Waals surface area contributed by atoms with E-state index in [1.807, 2.05) is 72.8 Å². The van der Waals surface area contributed by atoms with Crippen LogP contribution in [0.15, 0.2) is 103 Å². The van der Waals surface area contributed by atoms with E-state index in [4.69, 9.17) is 9.47 Å². The lowest BCUT2D eigenvalue weighted by Crippen LogP contribution is -2.10. The maximum absolute atomic E-state index is 6.09. The van der Waals surface area contributed by atoms with Gasteiger partial charge < -0.3 is 14.4 Å². The molecule has 1 aliphatic heterocycles. The highest BCUT2D eigenvalue weighted by atomic mass is 16.6. The summed E-state index contributed by atoms with van der Waals surface area (Å²) in [6.07, 6.45) is 0. The van der Waals surface area contributed by atoms with Crippen LogP contribution in [0.25, 0.3) is 0 Å². The van der Waals surface area contributed by atoms with Gasteiger partial charge in [0, 0.05) is 17.4 Å². The summed E-state index contributed by atoms with van der Waals surface area (Å²) in [7, 11) is 0. The Hall–Kier alpha value is -3.72. The van der Waals surface area contributed by atoms with E-state index in [2.05, 4.69) is 35.2 Å². The molecule has 0 saturated carbocycles. The Labute approximate surface area is 158 Å². The Morgan fingerprint density at radius 1 is 0.407 bits per heavy atom. The Morgan fingerprint density at radius 2 is 0.889 bits per heavy atom. The first kappa shape index (κ1) is 15.5. The van der Waals surface area contributed by atoms with Crippen LogP contribution in [0.1, 0.15) is 0 Å². The molecule has 0 bridgehead atoms. The van der Waals surface area contributed by atoms with Crippen LogP contribution in [0.5, 0.6) is 23.0 Å². The van der Waals surface area contributed by atoms with Crippen molar-refractivity contribution in [3.63, 3.8) is 0 Å². The summed E-state index contributed by atoms with van der Waals surface area (Å²) < 4.78 is 12.1. The number of anilines is 3. The Kier molecular flexibility index (Phi) is 3.76. The maximum atomic E-state index is 6.09. The smallest absolute Gasteiger partial charge is 0.172 e. The minimum absolute atomic E-state index is 0.711. The topological polar surface area (TPSA) is 21.7 Å². The lowest BCUT2D eigenvalue weighted by atomic mass is 10.1. The summed E-state index contributed by atoms with van der Waals surface area (Å²) in [5.41, 5.74) is 3.18. The molecule has 5 rings (SSSR count). The van der Waals surface area contributed by atoms with E-state index >= 15 is 0 Å². The lowest BCUT2D eigenvalue weighted by molar-refractivity contribution is 0.360. The molecule has 0 amide bonds. The van der Waals surface area contributed by atoms with E-state index in [0.717, 1.165) is 34.3 Å². The number of para-hydroxylation sites is 4. The first-order valence-electron chi connectivity index (χ1n) is 8.87. The fourth-order valence-electron chi connectivity index (χ4n) is 3.26. The SMILES string of the molecule is c1ccc(N(c2ccccc2)c2ccc3c(c2)Oc2ccccc2O3)cc1. The molecule has 0 N–H and O–H groups in total.